The zero-order valence-electron chi connectivity index (χ0n) is 18.9. The Labute approximate surface area is 198 Å². The van der Waals surface area contributed by atoms with Crippen molar-refractivity contribution in [2.24, 2.45) is 0 Å². The summed E-state index contributed by atoms with van der Waals surface area (Å²) in [5.74, 6) is 1.22. The molecule has 0 bridgehead atoms. The topological polar surface area (TPSA) is 68.3 Å². The van der Waals surface area contributed by atoms with Gasteiger partial charge in [-0.25, -0.2) is 14.4 Å². The predicted molar refractivity (Wildman–Crippen MR) is 130 cm³/mol. The molecule has 0 radical (unpaired) electrons. The molecule has 1 aliphatic carbocycles. The predicted octanol–water partition coefficient (Wildman–Crippen LogP) is 6.26. The van der Waals surface area contributed by atoms with E-state index in [4.69, 9.17) is 21.1 Å². The van der Waals surface area contributed by atoms with Crippen LogP contribution >= 0.6 is 11.6 Å². The fourth-order valence-corrected chi connectivity index (χ4v) is 4.31. The van der Waals surface area contributed by atoms with Gasteiger partial charge in [0.2, 0.25) is 0 Å². The normalized spacial score (nSPS) is 16.2. The standard InChI is InChI=1S/C21H21ClFN3O2.C4H9N/c1-27-18-11-17-14(10-19(18)28-13-6-3-2-4-7-13)21(25-12-24-17)26-16-9-5-8-15(22)20(16)23;1-2-4-5-3-1/h5,8-13H,2-4,6-7H2,1H3,(H,24,25,26);5H,1-4H2. The number of anilines is 2. The van der Waals surface area contributed by atoms with Crippen molar-refractivity contribution in [3.8, 4) is 11.5 Å². The van der Waals surface area contributed by atoms with Gasteiger partial charge in [0.05, 0.1) is 29.4 Å². The number of rotatable bonds is 5. The number of aromatic nitrogens is 2. The maximum Gasteiger partial charge on any atom is 0.165 e. The van der Waals surface area contributed by atoms with Crippen LogP contribution in [0.25, 0.3) is 10.9 Å². The monoisotopic (exact) mass is 472 g/mol. The van der Waals surface area contributed by atoms with Gasteiger partial charge in [-0.3, -0.25) is 0 Å². The lowest BCUT2D eigenvalue weighted by Crippen LogP contribution is -2.19. The third kappa shape index (κ3) is 6.03. The molecule has 0 amide bonds. The number of benzene rings is 2. The van der Waals surface area contributed by atoms with Crippen LogP contribution in [0.5, 0.6) is 11.5 Å². The summed E-state index contributed by atoms with van der Waals surface area (Å²) in [7, 11) is 1.61. The molecule has 0 unspecified atom stereocenters. The van der Waals surface area contributed by atoms with Crippen molar-refractivity contribution in [1.82, 2.24) is 15.3 Å². The summed E-state index contributed by atoms with van der Waals surface area (Å²) < 4.78 is 26.0. The molecule has 1 aliphatic heterocycles. The lowest BCUT2D eigenvalue weighted by Gasteiger charge is -2.24. The van der Waals surface area contributed by atoms with Crippen molar-refractivity contribution in [3.63, 3.8) is 0 Å². The van der Waals surface area contributed by atoms with Crippen molar-refractivity contribution in [3.05, 3.63) is 47.5 Å². The molecule has 0 atom stereocenters. The third-order valence-electron chi connectivity index (χ3n) is 5.93. The molecule has 1 saturated carbocycles. The van der Waals surface area contributed by atoms with E-state index in [2.05, 4.69) is 20.6 Å². The summed E-state index contributed by atoms with van der Waals surface area (Å²) in [5, 5.41) is 7.00. The van der Waals surface area contributed by atoms with Crippen LogP contribution in [0.3, 0.4) is 0 Å². The van der Waals surface area contributed by atoms with Crippen LogP contribution in [0.2, 0.25) is 5.02 Å². The van der Waals surface area contributed by atoms with Crippen LogP contribution in [0.4, 0.5) is 15.9 Å². The molecule has 2 aliphatic rings. The van der Waals surface area contributed by atoms with E-state index in [1.807, 2.05) is 12.1 Å². The molecule has 33 heavy (non-hydrogen) atoms. The molecule has 0 spiro atoms. The van der Waals surface area contributed by atoms with Gasteiger partial charge in [0.1, 0.15) is 12.1 Å². The number of nitrogens with one attached hydrogen (secondary N) is 2. The van der Waals surface area contributed by atoms with Gasteiger partial charge in [-0.05, 0) is 69.8 Å². The SMILES string of the molecule is C1CCNC1.COc1cc2ncnc(Nc3cccc(Cl)c3F)c2cc1OC1CCCCC1. The fourth-order valence-electron chi connectivity index (χ4n) is 4.13. The van der Waals surface area contributed by atoms with Crippen molar-refractivity contribution >= 4 is 34.0 Å². The number of nitrogens with zero attached hydrogens (tertiary/aromatic N) is 2. The smallest absolute Gasteiger partial charge is 0.165 e. The molecule has 8 heteroatoms. The summed E-state index contributed by atoms with van der Waals surface area (Å²) in [6.07, 6.45) is 10.0. The van der Waals surface area contributed by atoms with E-state index in [0.29, 0.717) is 28.2 Å². The minimum atomic E-state index is -0.525. The molecule has 176 valence electrons. The minimum absolute atomic E-state index is 0.0475. The third-order valence-corrected chi connectivity index (χ3v) is 6.22. The molecule has 3 aromatic rings. The summed E-state index contributed by atoms with van der Waals surface area (Å²) in [5.41, 5.74) is 0.922. The highest BCUT2D eigenvalue weighted by Gasteiger charge is 2.19. The van der Waals surface area contributed by atoms with Gasteiger partial charge in [-0.15, -0.1) is 0 Å². The second-order valence-electron chi connectivity index (χ2n) is 8.30. The van der Waals surface area contributed by atoms with Crippen molar-refractivity contribution < 1.29 is 13.9 Å². The molecule has 2 N–H and O–H groups in total. The molecule has 2 fully saturated rings. The Balaban J connectivity index is 0.000000459. The Morgan fingerprint density at radius 1 is 1.03 bits per heavy atom. The Morgan fingerprint density at radius 3 is 2.52 bits per heavy atom. The van der Waals surface area contributed by atoms with E-state index in [9.17, 15) is 4.39 Å². The van der Waals surface area contributed by atoms with Crippen molar-refractivity contribution in [1.29, 1.82) is 0 Å². The summed E-state index contributed by atoms with van der Waals surface area (Å²) in [6.45, 7) is 2.50. The molecule has 2 aromatic carbocycles. The highest BCUT2D eigenvalue weighted by Crippen LogP contribution is 2.37. The number of methoxy groups -OCH3 is 1. The van der Waals surface area contributed by atoms with Gasteiger partial charge in [-0.1, -0.05) is 24.1 Å². The second kappa shape index (κ2) is 11.5. The maximum atomic E-state index is 14.3. The van der Waals surface area contributed by atoms with E-state index in [0.717, 1.165) is 12.8 Å². The second-order valence-corrected chi connectivity index (χ2v) is 8.71. The molecule has 6 nitrogen and oxygen atoms in total. The van der Waals surface area contributed by atoms with Crippen LogP contribution in [-0.4, -0.2) is 36.3 Å². The maximum absolute atomic E-state index is 14.3. The molecule has 2 heterocycles. The summed E-state index contributed by atoms with van der Waals surface area (Å²) in [4.78, 5) is 8.60. The Kier molecular flexibility index (Phi) is 8.18. The van der Waals surface area contributed by atoms with Gasteiger partial charge in [0.25, 0.3) is 0 Å². The average Bonchev–Trinajstić information content (AvgIpc) is 3.43. The van der Waals surface area contributed by atoms with E-state index < -0.39 is 5.82 Å². The molecule has 1 aromatic heterocycles. The highest BCUT2D eigenvalue weighted by atomic mass is 35.5. The van der Waals surface area contributed by atoms with Crippen molar-refractivity contribution in [2.45, 2.75) is 51.0 Å². The van der Waals surface area contributed by atoms with E-state index in [-0.39, 0.29) is 16.8 Å². The quantitative estimate of drug-likeness (QED) is 0.457. The number of hydrogen-bond acceptors (Lipinski definition) is 6. The number of fused-ring (bicyclic) bond motifs is 1. The van der Waals surface area contributed by atoms with Crippen LogP contribution in [-0.2, 0) is 0 Å². The molecular formula is C25H30ClFN4O2. The zero-order chi connectivity index (χ0) is 23.0. The van der Waals surface area contributed by atoms with Crippen LogP contribution in [0, 0.1) is 5.82 Å². The fraction of sp³-hybridized carbons (Fsp3) is 0.440. The molecule has 1 saturated heterocycles. The number of ether oxygens (including phenoxy) is 2. The minimum Gasteiger partial charge on any atom is -0.493 e. The van der Waals surface area contributed by atoms with Crippen LogP contribution in [0.1, 0.15) is 44.9 Å². The average molecular weight is 473 g/mol. The van der Waals surface area contributed by atoms with E-state index in [1.54, 1.807) is 19.2 Å². The first kappa shape index (κ1) is 23.5. The van der Waals surface area contributed by atoms with Gasteiger partial charge >= 0.3 is 0 Å². The van der Waals surface area contributed by atoms with E-state index in [1.165, 1.54) is 57.6 Å². The Bertz CT molecular complexity index is 1060. The van der Waals surface area contributed by atoms with Gasteiger partial charge < -0.3 is 20.1 Å². The van der Waals surface area contributed by atoms with Gasteiger partial charge in [-0.2, -0.15) is 0 Å². The zero-order valence-corrected chi connectivity index (χ0v) is 19.6. The van der Waals surface area contributed by atoms with E-state index >= 15 is 0 Å². The summed E-state index contributed by atoms with van der Waals surface area (Å²) >= 11 is 5.89. The highest BCUT2D eigenvalue weighted by molar-refractivity contribution is 6.31. The first-order valence-electron chi connectivity index (χ1n) is 11.6. The largest absolute Gasteiger partial charge is 0.493 e. The first-order valence-corrected chi connectivity index (χ1v) is 11.9. The molecule has 5 rings (SSSR count). The lowest BCUT2D eigenvalue weighted by molar-refractivity contribution is 0.150. The summed E-state index contributed by atoms with van der Waals surface area (Å²) in [6, 6.07) is 8.46. The van der Waals surface area contributed by atoms with Crippen LogP contribution < -0.4 is 20.1 Å². The van der Waals surface area contributed by atoms with Crippen molar-refractivity contribution in [2.75, 3.05) is 25.5 Å². The lowest BCUT2D eigenvalue weighted by atomic mass is 9.98. The molecular weight excluding hydrogens is 443 g/mol. The number of halogens is 2. The number of hydrogen-bond donors (Lipinski definition) is 2. The Hall–Kier alpha value is -2.64. The van der Waals surface area contributed by atoms with Gasteiger partial charge in [0.15, 0.2) is 17.3 Å². The van der Waals surface area contributed by atoms with Crippen LogP contribution in [0.15, 0.2) is 36.7 Å². The van der Waals surface area contributed by atoms with Gasteiger partial charge in [0, 0.05) is 11.5 Å². The first-order chi connectivity index (χ1) is 16.2. The Morgan fingerprint density at radius 2 is 1.82 bits per heavy atom.